The van der Waals surface area contributed by atoms with Crippen LogP contribution in [0.1, 0.15) is 17.7 Å². The van der Waals surface area contributed by atoms with Crippen LogP contribution < -0.4 is 0 Å². The third-order valence-electron chi connectivity index (χ3n) is 3.81. The quantitative estimate of drug-likeness (QED) is 0.606. The number of benzene rings is 2. The number of nitrogens with zero attached hydrogens (tertiary/aromatic N) is 2. The summed E-state index contributed by atoms with van der Waals surface area (Å²) in [6, 6.07) is 18.2. The minimum atomic E-state index is -0.809. The molecule has 1 aromatic heterocycles. The van der Waals surface area contributed by atoms with Crippen LogP contribution in [-0.4, -0.2) is 20.9 Å². The average molecular weight is 432 g/mol. The van der Waals surface area contributed by atoms with Gasteiger partial charge in [0.2, 0.25) is 0 Å². The summed E-state index contributed by atoms with van der Waals surface area (Å²) in [5.74, 6) is -0.809. The minimum Gasteiger partial charge on any atom is -0.481 e. The van der Waals surface area contributed by atoms with Crippen LogP contribution in [0, 0.1) is 10.5 Å². The van der Waals surface area contributed by atoms with Crippen molar-refractivity contribution in [2.24, 2.45) is 0 Å². The van der Waals surface area contributed by atoms with Gasteiger partial charge in [0.1, 0.15) is 0 Å². The molecular weight excluding hydrogens is 415 g/mol. The SMILES string of the molecule is Cc1cc(I)ccc1-n1nc(CCC(=O)O)cc1-c1ccccc1. The lowest BCUT2D eigenvalue weighted by Crippen LogP contribution is -2.03. The zero-order chi connectivity index (χ0) is 17.1. The van der Waals surface area contributed by atoms with E-state index in [0.717, 1.165) is 28.2 Å². The molecule has 24 heavy (non-hydrogen) atoms. The van der Waals surface area contributed by atoms with E-state index in [0.29, 0.717) is 6.42 Å². The standard InChI is InChI=1S/C19H17IN2O2/c1-13-11-15(20)7-9-17(13)22-18(14-5-3-2-4-6-14)12-16(21-22)8-10-19(23)24/h2-7,9,11-12H,8,10H2,1H3,(H,23,24). The molecule has 0 radical (unpaired) electrons. The molecule has 5 heteroatoms. The van der Waals surface area contributed by atoms with Crippen LogP contribution in [0.2, 0.25) is 0 Å². The molecule has 0 aliphatic carbocycles. The number of hydrogen-bond donors (Lipinski definition) is 1. The van der Waals surface area contributed by atoms with E-state index < -0.39 is 5.97 Å². The number of rotatable bonds is 5. The Morgan fingerprint density at radius 2 is 1.92 bits per heavy atom. The molecule has 0 aliphatic heterocycles. The van der Waals surface area contributed by atoms with Crippen molar-refractivity contribution >= 4 is 28.6 Å². The molecule has 0 aliphatic rings. The number of carboxylic acids is 1. The molecule has 0 amide bonds. The number of aliphatic carboxylic acids is 1. The van der Waals surface area contributed by atoms with Gasteiger partial charge in [0, 0.05) is 15.6 Å². The molecule has 1 heterocycles. The summed E-state index contributed by atoms with van der Waals surface area (Å²) in [6.07, 6.45) is 0.502. The molecule has 0 bridgehead atoms. The van der Waals surface area contributed by atoms with Crippen molar-refractivity contribution in [3.8, 4) is 16.9 Å². The van der Waals surface area contributed by atoms with E-state index in [1.165, 1.54) is 3.57 Å². The van der Waals surface area contributed by atoms with Gasteiger partial charge in [-0.3, -0.25) is 4.79 Å². The molecular formula is C19H17IN2O2. The van der Waals surface area contributed by atoms with E-state index in [1.807, 2.05) is 41.1 Å². The molecule has 0 fully saturated rings. The van der Waals surface area contributed by atoms with Crippen LogP contribution in [-0.2, 0) is 11.2 Å². The molecule has 3 rings (SSSR count). The molecule has 0 saturated heterocycles. The van der Waals surface area contributed by atoms with Crippen molar-refractivity contribution in [2.45, 2.75) is 19.8 Å². The van der Waals surface area contributed by atoms with Gasteiger partial charge >= 0.3 is 5.97 Å². The van der Waals surface area contributed by atoms with Crippen molar-refractivity contribution < 1.29 is 9.90 Å². The lowest BCUT2D eigenvalue weighted by molar-refractivity contribution is -0.136. The first kappa shape index (κ1) is 16.7. The second-order valence-electron chi connectivity index (χ2n) is 5.62. The van der Waals surface area contributed by atoms with Gasteiger partial charge in [-0.05, 0) is 59.3 Å². The van der Waals surface area contributed by atoms with Gasteiger partial charge in [0.05, 0.1) is 23.5 Å². The van der Waals surface area contributed by atoms with E-state index in [1.54, 1.807) is 0 Å². The average Bonchev–Trinajstić information content (AvgIpc) is 2.98. The zero-order valence-electron chi connectivity index (χ0n) is 13.2. The number of hydrogen-bond acceptors (Lipinski definition) is 2. The van der Waals surface area contributed by atoms with Crippen LogP contribution in [0.15, 0.2) is 54.6 Å². The number of aryl methyl sites for hydroxylation is 2. The highest BCUT2D eigenvalue weighted by Gasteiger charge is 2.14. The van der Waals surface area contributed by atoms with Gasteiger partial charge < -0.3 is 5.11 Å². The molecule has 0 spiro atoms. The summed E-state index contributed by atoms with van der Waals surface area (Å²) in [7, 11) is 0. The van der Waals surface area contributed by atoms with Crippen molar-refractivity contribution in [2.75, 3.05) is 0 Å². The third-order valence-corrected chi connectivity index (χ3v) is 4.48. The Morgan fingerprint density at radius 1 is 1.17 bits per heavy atom. The molecule has 4 nitrogen and oxygen atoms in total. The van der Waals surface area contributed by atoms with Crippen LogP contribution in [0.5, 0.6) is 0 Å². The topological polar surface area (TPSA) is 55.1 Å². The second-order valence-corrected chi connectivity index (χ2v) is 6.87. The van der Waals surface area contributed by atoms with E-state index in [2.05, 4.69) is 52.8 Å². The van der Waals surface area contributed by atoms with Gasteiger partial charge in [-0.2, -0.15) is 5.10 Å². The summed E-state index contributed by atoms with van der Waals surface area (Å²) in [5.41, 5.74) is 4.96. The largest absolute Gasteiger partial charge is 0.481 e. The second kappa shape index (κ2) is 7.17. The number of carbonyl (C=O) groups is 1. The molecule has 0 unspecified atom stereocenters. The fourth-order valence-electron chi connectivity index (χ4n) is 2.64. The molecule has 0 saturated carbocycles. The van der Waals surface area contributed by atoms with Gasteiger partial charge in [-0.25, -0.2) is 4.68 Å². The smallest absolute Gasteiger partial charge is 0.303 e. The first-order chi connectivity index (χ1) is 11.5. The Balaban J connectivity index is 2.10. The molecule has 3 aromatic rings. The van der Waals surface area contributed by atoms with Gasteiger partial charge in [0.15, 0.2) is 0 Å². The normalized spacial score (nSPS) is 10.8. The Hall–Kier alpha value is -2.15. The Kier molecular flexibility index (Phi) is 4.99. The van der Waals surface area contributed by atoms with E-state index in [4.69, 9.17) is 5.11 Å². The highest BCUT2D eigenvalue weighted by atomic mass is 127. The number of aromatic nitrogens is 2. The molecule has 2 aromatic carbocycles. The van der Waals surface area contributed by atoms with E-state index in [-0.39, 0.29) is 6.42 Å². The number of carboxylic acid groups (broad SMARTS) is 1. The summed E-state index contributed by atoms with van der Waals surface area (Å²) < 4.78 is 3.09. The van der Waals surface area contributed by atoms with Crippen molar-refractivity contribution in [3.63, 3.8) is 0 Å². The van der Waals surface area contributed by atoms with Crippen molar-refractivity contribution in [1.29, 1.82) is 0 Å². The van der Waals surface area contributed by atoms with E-state index >= 15 is 0 Å². The van der Waals surface area contributed by atoms with Crippen LogP contribution >= 0.6 is 22.6 Å². The number of halogens is 1. The monoisotopic (exact) mass is 432 g/mol. The molecule has 0 atom stereocenters. The summed E-state index contributed by atoms with van der Waals surface area (Å²) in [4.78, 5) is 10.9. The van der Waals surface area contributed by atoms with Crippen LogP contribution in [0.3, 0.4) is 0 Å². The van der Waals surface area contributed by atoms with Gasteiger partial charge in [0.25, 0.3) is 0 Å². The minimum absolute atomic E-state index is 0.0803. The van der Waals surface area contributed by atoms with Crippen molar-refractivity contribution in [3.05, 3.63) is 69.4 Å². The van der Waals surface area contributed by atoms with Crippen LogP contribution in [0.25, 0.3) is 16.9 Å². The van der Waals surface area contributed by atoms with E-state index in [9.17, 15) is 4.79 Å². The predicted octanol–water partition coefficient (Wildman–Crippen LogP) is 4.47. The van der Waals surface area contributed by atoms with Crippen LogP contribution in [0.4, 0.5) is 0 Å². The molecule has 1 N–H and O–H groups in total. The van der Waals surface area contributed by atoms with Crippen molar-refractivity contribution in [1.82, 2.24) is 9.78 Å². The lowest BCUT2D eigenvalue weighted by Gasteiger charge is -2.11. The van der Waals surface area contributed by atoms with Gasteiger partial charge in [-0.15, -0.1) is 0 Å². The lowest BCUT2D eigenvalue weighted by atomic mass is 10.1. The maximum absolute atomic E-state index is 10.9. The molecule has 122 valence electrons. The zero-order valence-corrected chi connectivity index (χ0v) is 15.4. The first-order valence-corrected chi connectivity index (χ1v) is 8.75. The predicted molar refractivity (Wildman–Crippen MR) is 102 cm³/mol. The summed E-state index contributed by atoms with van der Waals surface area (Å²) >= 11 is 2.29. The third kappa shape index (κ3) is 3.67. The Morgan fingerprint density at radius 3 is 2.58 bits per heavy atom. The fourth-order valence-corrected chi connectivity index (χ4v) is 3.29. The Labute approximate surface area is 154 Å². The fraction of sp³-hybridized carbons (Fsp3) is 0.158. The highest BCUT2D eigenvalue weighted by Crippen LogP contribution is 2.26. The maximum Gasteiger partial charge on any atom is 0.303 e. The summed E-state index contributed by atoms with van der Waals surface area (Å²) in [6.45, 7) is 2.06. The Bertz CT molecular complexity index is 872. The maximum atomic E-state index is 10.9. The highest BCUT2D eigenvalue weighted by molar-refractivity contribution is 14.1. The first-order valence-electron chi connectivity index (χ1n) is 7.67. The summed E-state index contributed by atoms with van der Waals surface area (Å²) in [5, 5.41) is 13.6. The van der Waals surface area contributed by atoms with Gasteiger partial charge in [-0.1, -0.05) is 30.3 Å².